The van der Waals surface area contributed by atoms with Gasteiger partial charge in [-0.1, -0.05) is 18.2 Å². The van der Waals surface area contributed by atoms with Gasteiger partial charge in [0.1, 0.15) is 6.54 Å². The van der Waals surface area contributed by atoms with E-state index in [9.17, 15) is 9.59 Å². The summed E-state index contributed by atoms with van der Waals surface area (Å²) >= 11 is 0. The Hall–Kier alpha value is -3.27. The van der Waals surface area contributed by atoms with E-state index in [2.05, 4.69) is 22.3 Å². The van der Waals surface area contributed by atoms with Gasteiger partial charge in [-0.15, -0.1) is 0 Å². The molecule has 1 spiro atoms. The van der Waals surface area contributed by atoms with E-state index in [1.54, 1.807) is 11.0 Å². The third kappa shape index (κ3) is 2.93. The van der Waals surface area contributed by atoms with Crippen molar-refractivity contribution >= 4 is 17.5 Å². The zero-order chi connectivity index (χ0) is 18.9. The minimum absolute atomic E-state index is 0.0200. The van der Waals surface area contributed by atoms with E-state index in [0.29, 0.717) is 25.1 Å². The van der Waals surface area contributed by atoms with Gasteiger partial charge in [0, 0.05) is 30.6 Å². The van der Waals surface area contributed by atoms with Crippen molar-refractivity contribution in [1.82, 2.24) is 15.1 Å². The summed E-state index contributed by atoms with van der Waals surface area (Å²) in [5, 5.41) is 16.6. The van der Waals surface area contributed by atoms with Crippen LogP contribution in [0.1, 0.15) is 35.2 Å². The van der Waals surface area contributed by atoms with Crippen LogP contribution in [0.25, 0.3) is 0 Å². The second-order valence-corrected chi connectivity index (χ2v) is 7.04. The van der Waals surface area contributed by atoms with Crippen molar-refractivity contribution in [2.75, 3.05) is 24.5 Å². The van der Waals surface area contributed by atoms with Gasteiger partial charge < -0.3 is 4.90 Å². The maximum Gasteiger partial charge on any atom is 0.255 e. The number of hydrogen-bond donors (Lipinski definition) is 0. The molecule has 2 aliphatic rings. The molecule has 7 nitrogen and oxygen atoms in total. The Morgan fingerprint density at radius 3 is 2.67 bits per heavy atom. The highest BCUT2D eigenvalue weighted by Gasteiger charge is 2.45. The molecule has 4 rings (SSSR count). The molecule has 0 aliphatic carbocycles. The average molecular weight is 361 g/mol. The van der Waals surface area contributed by atoms with Gasteiger partial charge in [0.25, 0.3) is 5.91 Å². The van der Waals surface area contributed by atoms with Gasteiger partial charge in [-0.05, 0) is 30.5 Å². The molecule has 0 radical (unpaired) electrons. The van der Waals surface area contributed by atoms with Crippen LogP contribution in [0, 0.1) is 11.3 Å². The molecule has 1 saturated heterocycles. The highest BCUT2D eigenvalue weighted by atomic mass is 16.2. The summed E-state index contributed by atoms with van der Waals surface area (Å²) in [5.74, 6) is -0.0744. The van der Waals surface area contributed by atoms with Crippen LogP contribution in [0.2, 0.25) is 0 Å². The average Bonchev–Trinajstić information content (AvgIpc) is 2.72. The first-order valence-electron chi connectivity index (χ1n) is 8.97. The molecule has 3 heterocycles. The number of fused-ring (bicyclic) bond motifs is 2. The van der Waals surface area contributed by atoms with Crippen LogP contribution >= 0.6 is 0 Å². The number of carbonyl (C=O) groups is 2. The van der Waals surface area contributed by atoms with E-state index < -0.39 is 0 Å². The van der Waals surface area contributed by atoms with E-state index >= 15 is 0 Å². The summed E-state index contributed by atoms with van der Waals surface area (Å²) in [5.41, 5.74) is 2.19. The van der Waals surface area contributed by atoms with E-state index in [4.69, 9.17) is 5.26 Å². The second kappa shape index (κ2) is 6.80. The maximum absolute atomic E-state index is 12.7. The monoisotopic (exact) mass is 361 g/mol. The Bertz CT molecular complexity index is 913. The predicted octanol–water partition coefficient (Wildman–Crippen LogP) is 1.91. The van der Waals surface area contributed by atoms with E-state index in [1.165, 1.54) is 12.4 Å². The molecule has 7 heteroatoms. The zero-order valence-corrected chi connectivity index (χ0v) is 14.8. The van der Waals surface area contributed by atoms with Crippen molar-refractivity contribution in [2.45, 2.75) is 24.7 Å². The van der Waals surface area contributed by atoms with Crippen LogP contribution < -0.4 is 4.90 Å². The molecule has 2 aliphatic heterocycles. The molecule has 27 heavy (non-hydrogen) atoms. The Labute approximate surface area is 157 Å². The van der Waals surface area contributed by atoms with Gasteiger partial charge in [0.05, 0.1) is 24.0 Å². The highest BCUT2D eigenvalue weighted by Crippen LogP contribution is 2.46. The minimum Gasteiger partial charge on any atom is -0.339 e. The molecule has 2 aromatic rings. The number of nitriles is 1. The number of amides is 2. The second-order valence-electron chi connectivity index (χ2n) is 7.04. The summed E-state index contributed by atoms with van der Waals surface area (Å²) in [4.78, 5) is 28.8. The number of nitrogens with zero attached hydrogens (tertiary/aromatic N) is 5. The normalized spacial score (nSPS) is 18.1. The third-order valence-electron chi connectivity index (χ3n) is 5.62. The summed E-state index contributed by atoms with van der Waals surface area (Å²) < 4.78 is 0. The molecule has 0 bridgehead atoms. The molecule has 1 fully saturated rings. The fraction of sp³-hybridized carbons (Fsp3) is 0.350. The number of likely N-dealkylation sites (tertiary alicyclic amines) is 1. The summed E-state index contributed by atoms with van der Waals surface area (Å²) in [6.07, 6.45) is 4.82. The van der Waals surface area contributed by atoms with Crippen LogP contribution in [0.5, 0.6) is 0 Å². The van der Waals surface area contributed by atoms with Gasteiger partial charge in [0.15, 0.2) is 0 Å². The van der Waals surface area contributed by atoms with E-state index in [1.807, 2.05) is 23.1 Å². The summed E-state index contributed by atoms with van der Waals surface area (Å²) in [6.45, 7) is 1.23. The first kappa shape index (κ1) is 17.2. The summed E-state index contributed by atoms with van der Waals surface area (Å²) in [6, 6.07) is 11.6. The quantitative estimate of drug-likeness (QED) is 0.762. The van der Waals surface area contributed by atoms with E-state index in [-0.39, 0.29) is 23.8 Å². The van der Waals surface area contributed by atoms with Crippen LogP contribution in [-0.2, 0) is 10.2 Å². The number of benzene rings is 1. The molecular formula is C20H19N5O2. The molecule has 2 amide bonds. The number of aromatic nitrogens is 2. The molecule has 0 N–H and O–H groups in total. The van der Waals surface area contributed by atoms with Gasteiger partial charge in [-0.3, -0.25) is 14.5 Å². The SMILES string of the molecule is N#CCN1C(=O)CC2(CCN(C(=O)c3ccnnc3)CC2)c2ccccc21. The van der Waals surface area contributed by atoms with Crippen LogP contribution in [0.15, 0.2) is 42.7 Å². The van der Waals surface area contributed by atoms with Crippen molar-refractivity contribution in [2.24, 2.45) is 0 Å². The number of carbonyl (C=O) groups excluding carboxylic acids is 2. The third-order valence-corrected chi connectivity index (χ3v) is 5.62. The number of anilines is 1. The maximum atomic E-state index is 12.7. The minimum atomic E-state index is -0.271. The van der Waals surface area contributed by atoms with Gasteiger partial charge >= 0.3 is 0 Å². The topological polar surface area (TPSA) is 90.2 Å². The molecule has 136 valence electrons. The van der Waals surface area contributed by atoms with E-state index in [0.717, 1.165) is 24.1 Å². The first-order chi connectivity index (χ1) is 13.1. The lowest BCUT2D eigenvalue weighted by Crippen LogP contribution is -2.51. The van der Waals surface area contributed by atoms with Crippen molar-refractivity contribution in [1.29, 1.82) is 5.26 Å². The Kier molecular flexibility index (Phi) is 4.32. The molecular weight excluding hydrogens is 342 g/mol. The van der Waals surface area contributed by atoms with Crippen molar-refractivity contribution < 1.29 is 9.59 Å². The largest absolute Gasteiger partial charge is 0.339 e. The molecule has 1 aromatic carbocycles. The molecule has 0 atom stereocenters. The van der Waals surface area contributed by atoms with Gasteiger partial charge in [-0.25, -0.2) is 0 Å². The van der Waals surface area contributed by atoms with Crippen LogP contribution in [-0.4, -0.2) is 46.5 Å². The van der Waals surface area contributed by atoms with Crippen LogP contribution in [0.4, 0.5) is 5.69 Å². The zero-order valence-electron chi connectivity index (χ0n) is 14.8. The van der Waals surface area contributed by atoms with Gasteiger partial charge in [-0.2, -0.15) is 15.5 Å². The molecule has 0 unspecified atom stereocenters. The first-order valence-corrected chi connectivity index (χ1v) is 8.97. The lowest BCUT2D eigenvalue weighted by molar-refractivity contribution is -0.120. The molecule has 0 saturated carbocycles. The van der Waals surface area contributed by atoms with Crippen LogP contribution in [0.3, 0.4) is 0 Å². The van der Waals surface area contributed by atoms with Gasteiger partial charge in [0.2, 0.25) is 5.91 Å². The lowest BCUT2D eigenvalue weighted by atomic mass is 9.67. The fourth-order valence-electron chi connectivity index (χ4n) is 4.20. The Balaban J connectivity index is 1.59. The van der Waals surface area contributed by atoms with Crippen molar-refractivity contribution in [3.63, 3.8) is 0 Å². The standard InChI is InChI=1S/C20H19N5O2/c21-8-12-25-17-4-2-1-3-16(17)20(13-18(25)26)6-10-24(11-7-20)19(27)15-5-9-22-23-14-15/h1-5,9,14H,6-7,10-13H2. The lowest BCUT2D eigenvalue weighted by Gasteiger charge is -2.47. The highest BCUT2D eigenvalue weighted by molar-refractivity contribution is 5.98. The summed E-state index contributed by atoms with van der Waals surface area (Å²) in [7, 11) is 0. The Morgan fingerprint density at radius 2 is 1.96 bits per heavy atom. The predicted molar refractivity (Wildman–Crippen MR) is 97.9 cm³/mol. The fourth-order valence-corrected chi connectivity index (χ4v) is 4.20. The molecule has 1 aromatic heterocycles. The Morgan fingerprint density at radius 1 is 1.19 bits per heavy atom. The number of para-hydroxylation sites is 1. The van der Waals surface area contributed by atoms with Crippen molar-refractivity contribution in [3.05, 3.63) is 53.9 Å². The smallest absolute Gasteiger partial charge is 0.255 e. The number of rotatable bonds is 2. The number of hydrogen-bond acceptors (Lipinski definition) is 5. The van der Waals surface area contributed by atoms with Crippen molar-refractivity contribution in [3.8, 4) is 6.07 Å². The number of piperidine rings is 1.